The fourth-order valence-electron chi connectivity index (χ4n) is 5.77. The van der Waals surface area contributed by atoms with E-state index in [9.17, 15) is 0 Å². The van der Waals surface area contributed by atoms with Gasteiger partial charge in [0.05, 0.1) is 5.39 Å². The number of rotatable bonds is 4. The highest BCUT2D eigenvalue weighted by atomic mass is 16.4. The molecule has 0 unspecified atom stereocenters. The minimum Gasteiger partial charge on any atom is -0.456 e. The lowest BCUT2D eigenvalue weighted by Crippen LogP contribution is -2.00. The number of benzene rings is 6. The van der Waals surface area contributed by atoms with Crippen LogP contribution in [-0.4, -0.2) is 19.9 Å². The monoisotopic (exact) mass is 566 g/mol. The fraction of sp³-hybridized carbons (Fsp3) is 0. The van der Waals surface area contributed by atoms with Gasteiger partial charge in [0.2, 0.25) is 5.89 Å². The Morgan fingerprint density at radius 1 is 0.409 bits per heavy atom. The average Bonchev–Trinajstić information content (AvgIpc) is 3.70. The summed E-state index contributed by atoms with van der Waals surface area (Å²) >= 11 is 0. The molecule has 0 aliphatic heterocycles. The summed E-state index contributed by atoms with van der Waals surface area (Å²) < 4.78 is 12.8. The minimum absolute atomic E-state index is 0.573. The third-order valence-electron chi connectivity index (χ3n) is 7.94. The SMILES string of the molecule is c1ccc(-c2nc(-c3ccccc3)nc(-c3ccc4c(c3)oc3ccc5nc(-c6ccc7ccccc7c6)oc5c34)n2)cc1. The van der Waals surface area contributed by atoms with Crippen molar-refractivity contribution in [2.24, 2.45) is 0 Å². The number of nitrogens with zero attached hydrogens (tertiary/aromatic N) is 4. The Balaban J connectivity index is 1.18. The van der Waals surface area contributed by atoms with E-state index < -0.39 is 0 Å². The van der Waals surface area contributed by atoms with Crippen molar-refractivity contribution in [2.75, 3.05) is 0 Å². The van der Waals surface area contributed by atoms with Crippen LogP contribution >= 0.6 is 0 Å². The van der Waals surface area contributed by atoms with Crippen LogP contribution in [-0.2, 0) is 0 Å². The molecule has 9 aromatic rings. The van der Waals surface area contributed by atoms with Gasteiger partial charge in [-0.05, 0) is 47.2 Å². The van der Waals surface area contributed by atoms with Gasteiger partial charge in [0.15, 0.2) is 23.1 Å². The van der Waals surface area contributed by atoms with Gasteiger partial charge in [-0.2, -0.15) is 0 Å². The van der Waals surface area contributed by atoms with Gasteiger partial charge in [0, 0.05) is 27.6 Å². The van der Waals surface area contributed by atoms with Crippen molar-refractivity contribution in [3.8, 4) is 45.6 Å². The van der Waals surface area contributed by atoms with Crippen molar-refractivity contribution in [3.05, 3.63) is 133 Å². The van der Waals surface area contributed by atoms with Gasteiger partial charge in [-0.1, -0.05) is 97.1 Å². The number of hydrogen-bond acceptors (Lipinski definition) is 6. The molecule has 0 fully saturated rings. The van der Waals surface area contributed by atoms with Crippen LogP contribution in [0, 0.1) is 0 Å². The van der Waals surface area contributed by atoms with Crippen molar-refractivity contribution in [1.82, 2.24) is 19.9 Å². The summed E-state index contributed by atoms with van der Waals surface area (Å²) in [7, 11) is 0. The maximum atomic E-state index is 6.42. The largest absolute Gasteiger partial charge is 0.456 e. The molecule has 3 aromatic heterocycles. The molecule has 6 aromatic carbocycles. The third-order valence-corrected chi connectivity index (χ3v) is 7.94. The maximum absolute atomic E-state index is 6.42. The van der Waals surface area contributed by atoms with E-state index in [1.807, 2.05) is 109 Å². The molecule has 3 heterocycles. The normalized spacial score (nSPS) is 11.6. The molecule has 0 saturated heterocycles. The van der Waals surface area contributed by atoms with Crippen molar-refractivity contribution in [1.29, 1.82) is 0 Å². The van der Waals surface area contributed by atoms with Crippen molar-refractivity contribution in [3.63, 3.8) is 0 Å². The molecule has 44 heavy (non-hydrogen) atoms. The first kappa shape index (κ1) is 24.5. The lowest BCUT2D eigenvalue weighted by Gasteiger charge is -2.08. The van der Waals surface area contributed by atoms with E-state index in [1.165, 1.54) is 5.39 Å². The maximum Gasteiger partial charge on any atom is 0.227 e. The Labute approximate surface area is 251 Å². The second-order valence-electron chi connectivity index (χ2n) is 10.7. The van der Waals surface area contributed by atoms with Crippen LogP contribution in [0.1, 0.15) is 0 Å². The van der Waals surface area contributed by atoms with Gasteiger partial charge in [-0.3, -0.25) is 0 Å². The molecule has 9 rings (SSSR count). The van der Waals surface area contributed by atoms with Gasteiger partial charge in [0.25, 0.3) is 0 Å². The van der Waals surface area contributed by atoms with Crippen LogP contribution < -0.4 is 0 Å². The van der Waals surface area contributed by atoms with Gasteiger partial charge in [-0.25, -0.2) is 19.9 Å². The van der Waals surface area contributed by atoms with E-state index in [1.54, 1.807) is 0 Å². The predicted octanol–water partition coefficient (Wildman–Crippen LogP) is 9.73. The minimum atomic E-state index is 0.573. The van der Waals surface area contributed by atoms with Gasteiger partial charge in [0.1, 0.15) is 16.7 Å². The summed E-state index contributed by atoms with van der Waals surface area (Å²) in [5.74, 6) is 2.38. The van der Waals surface area contributed by atoms with Crippen molar-refractivity contribution in [2.45, 2.75) is 0 Å². The fourth-order valence-corrected chi connectivity index (χ4v) is 5.77. The standard InChI is InChI=1S/C38H22N4O2/c1-3-10-24(11-4-1)35-40-36(25-12-5-2-6-13-25)42-37(41-35)27-17-18-29-32(22-27)43-31-20-19-30-34(33(29)31)44-38(39-30)28-16-15-23-9-7-8-14-26(23)21-28/h1-22H. The van der Waals surface area contributed by atoms with Gasteiger partial charge in [-0.15, -0.1) is 0 Å². The third kappa shape index (κ3) is 4.04. The molecule has 0 aliphatic rings. The first-order chi connectivity index (χ1) is 21.8. The van der Waals surface area contributed by atoms with Crippen LogP contribution in [0.25, 0.3) is 89.4 Å². The topological polar surface area (TPSA) is 77.8 Å². The molecular weight excluding hydrogens is 544 g/mol. The lowest BCUT2D eigenvalue weighted by atomic mass is 10.1. The predicted molar refractivity (Wildman–Crippen MR) is 174 cm³/mol. The van der Waals surface area contributed by atoms with Gasteiger partial charge >= 0.3 is 0 Å². The zero-order valence-electron chi connectivity index (χ0n) is 23.3. The number of hydrogen-bond donors (Lipinski definition) is 0. The molecule has 6 nitrogen and oxygen atoms in total. The Kier molecular flexibility index (Phi) is 5.40. The van der Waals surface area contributed by atoms with Gasteiger partial charge < -0.3 is 8.83 Å². The molecule has 0 bridgehead atoms. The molecule has 6 heteroatoms. The van der Waals surface area contributed by atoms with Crippen LogP contribution in [0.2, 0.25) is 0 Å². The Morgan fingerprint density at radius 2 is 1.05 bits per heavy atom. The summed E-state index contributed by atoms with van der Waals surface area (Å²) in [4.78, 5) is 19.4. The summed E-state index contributed by atoms with van der Waals surface area (Å²) in [6.07, 6.45) is 0. The molecule has 206 valence electrons. The van der Waals surface area contributed by atoms with E-state index in [0.29, 0.717) is 28.9 Å². The molecular formula is C38H22N4O2. The lowest BCUT2D eigenvalue weighted by molar-refractivity contribution is 0.622. The second-order valence-corrected chi connectivity index (χ2v) is 10.7. The summed E-state index contributed by atoms with van der Waals surface area (Å²) in [5.41, 5.74) is 6.55. The van der Waals surface area contributed by atoms with Crippen molar-refractivity contribution >= 4 is 43.8 Å². The van der Waals surface area contributed by atoms with Crippen LogP contribution in [0.15, 0.2) is 142 Å². The Bertz CT molecular complexity index is 2440. The highest BCUT2D eigenvalue weighted by molar-refractivity contribution is 6.16. The molecule has 0 atom stereocenters. The van der Waals surface area contributed by atoms with Crippen LogP contribution in [0.5, 0.6) is 0 Å². The summed E-state index contributed by atoms with van der Waals surface area (Å²) in [6.45, 7) is 0. The molecule has 0 radical (unpaired) electrons. The highest BCUT2D eigenvalue weighted by Gasteiger charge is 2.19. The highest BCUT2D eigenvalue weighted by Crippen LogP contribution is 2.38. The number of fused-ring (bicyclic) bond motifs is 6. The van der Waals surface area contributed by atoms with Crippen LogP contribution in [0.3, 0.4) is 0 Å². The van der Waals surface area contributed by atoms with Crippen molar-refractivity contribution < 1.29 is 8.83 Å². The molecule has 0 N–H and O–H groups in total. The molecule has 0 amide bonds. The first-order valence-corrected chi connectivity index (χ1v) is 14.4. The number of oxazole rings is 1. The summed E-state index contributed by atoms with van der Waals surface area (Å²) in [5, 5.41) is 4.16. The van der Waals surface area contributed by atoms with E-state index in [2.05, 4.69) is 24.3 Å². The van der Waals surface area contributed by atoms with E-state index >= 15 is 0 Å². The van der Waals surface area contributed by atoms with E-state index in [4.69, 9.17) is 28.8 Å². The average molecular weight is 567 g/mol. The van der Waals surface area contributed by atoms with Crippen LogP contribution in [0.4, 0.5) is 0 Å². The quantitative estimate of drug-likeness (QED) is 0.211. The summed E-state index contributed by atoms with van der Waals surface area (Å²) in [6, 6.07) is 44.4. The zero-order valence-corrected chi connectivity index (χ0v) is 23.3. The number of furan rings is 1. The molecule has 0 saturated carbocycles. The number of aromatic nitrogens is 4. The second kappa shape index (κ2) is 9.71. The van der Waals surface area contributed by atoms with E-state index in [0.717, 1.165) is 55.1 Å². The smallest absolute Gasteiger partial charge is 0.227 e. The first-order valence-electron chi connectivity index (χ1n) is 14.4. The molecule has 0 spiro atoms. The Morgan fingerprint density at radius 3 is 1.77 bits per heavy atom. The van der Waals surface area contributed by atoms with E-state index in [-0.39, 0.29) is 0 Å². The molecule has 0 aliphatic carbocycles. The zero-order chi connectivity index (χ0) is 29.0. The Hall–Kier alpha value is -6.14.